The number of phenolic OH excluding ortho intramolecular Hbond substituents is 1. The van der Waals surface area contributed by atoms with Crippen molar-refractivity contribution in [1.82, 2.24) is 10.3 Å². The maximum absolute atomic E-state index is 11.9. The highest BCUT2D eigenvalue weighted by Crippen LogP contribution is 2.31. The van der Waals surface area contributed by atoms with Gasteiger partial charge in [-0.1, -0.05) is 17.8 Å². The fourth-order valence-electron chi connectivity index (χ4n) is 2.20. The predicted molar refractivity (Wildman–Crippen MR) is 93.9 cm³/mol. The molecule has 0 aliphatic rings. The van der Waals surface area contributed by atoms with Gasteiger partial charge in [-0.25, -0.2) is 0 Å². The number of nitrogens with one attached hydrogen (secondary N) is 1. The van der Waals surface area contributed by atoms with E-state index in [4.69, 9.17) is 5.11 Å². The lowest BCUT2D eigenvalue weighted by Crippen LogP contribution is -2.29. The Morgan fingerprint density at radius 3 is 2.44 bits per heavy atom. The molecule has 6 nitrogen and oxygen atoms in total. The number of aliphatic carboxylic acids is 1. The summed E-state index contributed by atoms with van der Waals surface area (Å²) in [5, 5.41) is 21.9. The number of carbonyl (C=O) groups is 2. The second kappa shape index (κ2) is 7.23. The molecule has 1 aromatic heterocycles. The lowest BCUT2D eigenvalue weighted by molar-refractivity contribution is -0.135. The first-order valence-electron chi connectivity index (χ1n) is 7.38. The first kappa shape index (κ1) is 16.8. The summed E-state index contributed by atoms with van der Waals surface area (Å²) in [6.45, 7) is -0.444. The molecule has 0 unspecified atom stereocenters. The molecule has 3 aromatic rings. The Morgan fingerprint density at radius 2 is 1.72 bits per heavy atom. The summed E-state index contributed by atoms with van der Waals surface area (Å²) in [5.74, 6) is -1.40. The molecule has 0 aliphatic carbocycles. The van der Waals surface area contributed by atoms with E-state index in [-0.39, 0.29) is 11.4 Å². The number of carbonyl (C=O) groups excluding carboxylic acids is 1. The standard InChI is InChI=1S/C18H14N2O4S/c21-13-2-5-14(6-3-13)25-15-4-1-11-8-16(19-9-12(11)7-15)18(24)20-10-17(22)23/h1-9,21H,10H2,(H,20,24)(H,22,23). The quantitative estimate of drug-likeness (QED) is 0.651. The number of amides is 1. The molecule has 126 valence electrons. The Labute approximate surface area is 147 Å². The van der Waals surface area contributed by atoms with Crippen molar-refractivity contribution in [2.24, 2.45) is 0 Å². The zero-order valence-electron chi connectivity index (χ0n) is 13.0. The van der Waals surface area contributed by atoms with Gasteiger partial charge in [-0.15, -0.1) is 0 Å². The minimum Gasteiger partial charge on any atom is -0.508 e. The van der Waals surface area contributed by atoms with E-state index in [0.29, 0.717) is 0 Å². The molecule has 0 radical (unpaired) electrons. The molecule has 0 atom stereocenters. The van der Waals surface area contributed by atoms with E-state index in [1.807, 2.05) is 30.3 Å². The zero-order chi connectivity index (χ0) is 17.8. The summed E-state index contributed by atoms with van der Waals surface area (Å²) < 4.78 is 0. The van der Waals surface area contributed by atoms with Crippen molar-refractivity contribution in [3.8, 4) is 5.75 Å². The highest BCUT2D eigenvalue weighted by atomic mass is 32.2. The van der Waals surface area contributed by atoms with Crippen LogP contribution in [-0.2, 0) is 4.79 Å². The van der Waals surface area contributed by atoms with Crippen LogP contribution in [0.2, 0.25) is 0 Å². The van der Waals surface area contributed by atoms with Crippen LogP contribution in [0, 0.1) is 0 Å². The van der Waals surface area contributed by atoms with Gasteiger partial charge < -0.3 is 15.5 Å². The number of pyridine rings is 1. The van der Waals surface area contributed by atoms with E-state index < -0.39 is 18.4 Å². The lowest BCUT2D eigenvalue weighted by atomic mass is 10.1. The van der Waals surface area contributed by atoms with E-state index in [0.717, 1.165) is 20.6 Å². The van der Waals surface area contributed by atoms with Crippen molar-refractivity contribution in [2.75, 3.05) is 6.54 Å². The van der Waals surface area contributed by atoms with Crippen LogP contribution in [0.25, 0.3) is 10.8 Å². The molecule has 2 aromatic carbocycles. The number of nitrogens with zero attached hydrogens (tertiary/aromatic N) is 1. The van der Waals surface area contributed by atoms with E-state index in [1.165, 1.54) is 0 Å². The van der Waals surface area contributed by atoms with E-state index >= 15 is 0 Å². The number of fused-ring (bicyclic) bond motifs is 1. The maximum atomic E-state index is 11.9. The second-order valence-corrected chi connectivity index (χ2v) is 6.40. The highest BCUT2D eigenvalue weighted by Gasteiger charge is 2.10. The van der Waals surface area contributed by atoms with Crippen molar-refractivity contribution in [3.63, 3.8) is 0 Å². The van der Waals surface area contributed by atoms with Gasteiger partial charge in [0.1, 0.15) is 18.0 Å². The van der Waals surface area contributed by atoms with Crippen LogP contribution in [0.15, 0.2) is 64.5 Å². The van der Waals surface area contributed by atoms with Gasteiger partial charge in [0.15, 0.2) is 0 Å². The third-order valence-corrected chi connectivity index (χ3v) is 4.40. The van der Waals surface area contributed by atoms with Gasteiger partial charge >= 0.3 is 5.97 Å². The number of benzene rings is 2. The summed E-state index contributed by atoms with van der Waals surface area (Å²) in [4.78, 5) is 28.5. The molecule has 3 N–H and O–H groups in total. The van der Waals surface area contributed by atoms with Crippen LogP contribution < -0.4 is 5.32 Å². The van der Waals surface area contributed by atoms with Gasteiger partial charge in [0.05, 0.1) is 0 Å². The molecule has 0 spiro atoms. The second-order valence-electron chi connectivity index (χ2n) is 5.25. The Hall–Kier alpha value is -3.06. The number of carboxylic acids is 1. The van der Waals surface area contributed by atoms with Gasteiger partial charge in [0, 0.05) is 21.4 Å². The average Bonchev–Trinajstić information content (AvgIpc) is 2.61. The van der Waals surface area contributed by atoms with Crippen LogP contribution in [0.5, 0.6) is 5.75 Å². The van der Waals surface area contributed by atoms with Gasteiger partial charge in [0.25, 0.3) is 5.91 Å². The smallest absolute Gasteiger partial charge is 0.322 e. The van der Waals surface area contributed by atoms with Crippen LogP contribution in [0.3, 0.4) is 0 Å². The maximum Gasteiger partial charge on any atom is 0.322 e. The summed E-state index contributed by atoms with van der Waals surface area (Å²) in [5.41, 5.74) is 0.174. The van der Waals surface area contributed by atoms with Crippen molar-refractivity contribution >= 4 is 34.4 Å². The molecule has 1 amide bonds. The van der Waals surface area contributed by atoms with E-state index in [2.05, 4.69) is 10.3 Å². The van der Waals surface area contributed by atoms with Gasteiger partial charge in [-0.05, 0) is 47.9 Å². The zero-order valence-corrected chi connectivity index (χ0v) is 13.8. The third kappa shape index (κ3) is 4.27. The van der Waals surface area contributed by atoms with Crippen molar-refractivity contribution < 1.29 is 19.8 Å². The summed E-state index contributed by atoms with van der Waals surface area (Å²) in [6, 6.07) is 14.3. The highest BCUT2D eigenvalue weighted by molar-refractivity contribution is 7.99. The minimum atomic E-state index is -1.11. The van der Waals surface area contributed by atoms with E-state index in [1.54, 1.807) is 36.2 Å². The first-order valence-corrected chi connectivity index (χ1v) is 8.19. The molecular formula is C18H14N2O4S. The molecule has 0 bridgehead atoms. The number of aromatic nitrogens is 1. The van der Waals surface area contributed by atoms with Crippen LogP contribution in [0.1, 0.15) is 10.5 Å². The number of hydrogen-bond donors (Lipinski definition) is 3. The van der Waals surface area contributed by atoms with Crippen molar-refractivity contribution in [1.29, 1.82) is 0 Å². The van der Waals surface area contributed by atoms with Gasteiger partial charge in [-0.2, -0.15) is 0 Å². The molecule has 7 heteroatoms. The number of phenols is 1. The topological polar surface area (TPSA) is 99.5 Å². The summed E-state index contributed by atoms with van der Waals surface area (Å²) in [6.07, 6.45) is 1.59. The fourth-order valence-corrected chi connectivity index (χ4v) is 3.07. The average molecular weight is 354 g/mol. The first-order chi connectivity index (χ1) is 12.0. The van der Waals surface area contributed by atoms with Crippen LogP contribution >= 0.6 is 11.8 Å². The number of carboxylic acid groups (broad SMARTS) is 1. The molecule has 0 saturated heterocycles. The lowest BCUT2D eigenvalue weighted by Gasteiger charge is -2.06. The van der Waals surface area contributed by atoms with E-state index in [9.17, 15) is 14.7 Å². The molecule has 3 rings (SSSR count). The van der Waals surface area contributed by atoms with Crippen LogP contribution in [-0.4, -0.2) is 33.6 Å². The van der Waals surface area contributed by atoms with Crippen LogP contribution in [0.4, 0.5) is 0 Å². The SMILES string of the molecule is O=C(O)CNC(=O)c1cc2ccc(Sc3ccc(O)cc3)cc2cn1. The summed E-state index contributed by atoms with van der Waals surface area (Å²) >= 11 is 1.55. The Bertz CT molecular complexity index is 941. The van der Waals surface area contributed by atoms with Gasteiger partial charge in [0.2, 0.25) is 0 Å². The number of aromatic hydroxyl groups is 1. The molecule has 0 saturated carbocycles. The fraction of sp³-hybridized carbons (Fsp3) is 0.0556. The number of hydrogen-bond acceptors (Lipinski definition) is 5. The number of rotatable bonds is 5. The molecule has 1 heterocycles. The summed E-state index contributed by atoms with van der Waals surface area (Å²) in [7, 11) is 0. The van der Waals surface area contributed by atoms with Crippen molar-refractivity contribution in [3.05, 3.63) is 60.4 Å². The molecule has 0 fully saturated rings. The van der Waals surface area contributed by atoms with Crippen molar-refractivity contribution in [2.45, 2.75) is 9.79 Å². The van der Waals surface area contributed by atoms with Gasteiger partial charge in [-0.3, -0.25) is 14.6 Å². The monoisotopic (exact) mass is 354 g/mol. The minimum absolute atomic E-state index is 0.174. The Balaban J connectivity index is 1.79. The molecule has 25 heavy (non-hydrogen) atoms. The molecular weight excluding hydrogens is 340 g/mol. The normalized spacial score (nSPS) is 10.6. The largest absolute Gasteiger partial charge is 0.508 e. The Kier molecular flexibility index (Phi) is 4.85. The predicted octanol–water partition coefficient (Wildman–Crippen LogP) is 2.91. The third-order valence-electron chi connectivity index (χ3n) is 3.40. The molecule has 0 aliphatic heterocycles. The Morgan fingerprint density at radius 1 is 1.00 bits per heavy atom.